The molecule has 0 N–H and O–H groups in total. The van der Waals surface area contributed by atoms with Gasteiger partial charge in [-0.1, -0.05) is 12.1 Å². The van der Waals surface area contributed by atoms with Crippen molar-refractivity contribution in [2.75, 3.05) is 34.5 Å². The van der Waals surface area contributed by atoms with Crippen molar-refractivity contribution in [3.05, 3.63) is 53.3 Å². The first-order chi connectivity index (χ1) is 14.5. The van der Waals surface area contributed by atoms with E-state index in [4.69, 9.17) is 18.9 Å². The number of carbonyl (C=O) groups is 2. The van der Waals surface area contributed by atoms with Crippen LogP contribution in [0.5, 0.6) is 17.2 Å². The van der Waals surface area contributed by atoms with Gasteiger partial charge in [-0.3, -0.25) is 9.59 Å². The van der Waals surface area contributed by atoms with Crippen LogP contribution < -0.4 is 14.2 Å². The van der Waals surface area contributed by atoms with Crippen molar-refractivity contribution in [3.63, 3.8) is 0 Å². The Morgan fingerprint density at radius 2 is 1.77 bits per heavy atom. The summed E-state index contributed by atoms with van der Waals surface area (Å²) in [5.74, 6) is -0.266. The standard InChI is InChI=1S/C22H24FNO6/c1-27-19-10-14-8-9-24(21(25)13-30-18-7-5-4-6-16(18)23)17(12-22(26)29-3)15(14)11-20(19)28-2/h4-7,10-11,17H,8-9,12-13H2,1-3H3/t17-/m0/s1. The zero-order valence-electron chi connectivity index (χ0n) is 17.1. The van der Waals surface area contributed by atoms with E-state index in [-0.39, 0.29) is 24.7 Å². The molecule has 0 fully saturated rings. The maximum Gasteiger partial charge on any atom is 0.307 e. The van der Waals surface area contributed by atoms with Gasteiger partial charge in [0, 0.05) is 6.54 Å². The minimum absolute atomic E-state index is 0.000756. The van der Waals surface area contributed by atoms with E-state index < -0.39 is 17.8 Å². The number of para-hydroxylation sites is 1. The minimum Gasteiger partial charge on any atom is -0.493 e. The molecule has 1 atom stereocenters. The lowest BCUT2D eigenvalue weighted by Crippen LogP contribution is -2.43. The molecule has 0 aliphatic carbocycles. The first-order valence-electron chi connectivity index (χ1n) is 9.46. The van der Waals surface area contributed by atoms with Gasteiger partial charge < -0.3 is 23.8 Å². The molecule has 7 nitrogen and oxygen atoms in total. The Balaban J connectivity index is 1.87. The summed E-state index contributed by atoms with van der Waals surface area (Å²) in [6.45, 7) is 0.0326. The van der Waals surface area contributed by atoms with Crippen molar-refractivity contribution < 1.29 is 32.9 Å². The Kier molecular flexibility index (Phi) is 6.76. The van der Waals surface area contributed by atoms with Gasteiger partial charge in [0.2, 0.25) is 0 Å². The van der Waals surface area contributed by atoms with Gasteiger partial charge in [-0.2, -0.15) is 0 Å². The van der Waals surface area contributed by atoms with Crippen LogP contribution in [0.25, 0.3) is 0 Å². The fourth-order valence-corrected chi connectivity index (χ4v) is 3.57. The number of amides is 1. The molecule has 0 aromatic heterocycles. The molecule has 0 radical (unpaired) electrons. The Hall–Kier alpha value is -3.29. The van der Waals surface area contributed by atoms with Crippen LogP contribution in [0.2, 0.25) is 0 Å². The van der Waals surface area contributed by atoms with Crippen molar-refractivity contribution in [3.8, 4) is 17.2 Å². The van der Waals surface area contributed by atoms with Gasteiger partial charge in [-0.15, -0.1) is 0 Å². The summed E-state index contributed by atoms with van der Waals surface area (Å²) in [5, 5.41) is 0. The Morgan fingerprint density at radius 3 is 2.43 bits per heavy atom. The number of methoxy groups -OCH3 is 3. The van der Waals surface area contributed by atoms with E-state index in [9.17, 15) is 14.0 Å². The molecule has 1 amide bonds. The topological polar surface area (TPSA) is 74.3 Å². The molecule has 1 heterocycles. The Bertz CT molecular complexity index is 932. The number of ether oxygens (including phenoxy) is 4. The fraction of sp³-hybridized carbons (Fsp3) is 0.364. The minimum atomic E-state index is -0.558. The average molecular weight is 417 g/mol. The monoisotopic (exact) mass is 417 g/mol. The van der Waals surface area contributed by atoms with E-state index in [1.54, 1.807) is 30.2 Å². The maximum absolute atomic E-state index is 13.8. The van der Waals surface area contributed by atoms with Crippen LogP contribution in [-0.4, -0.2) is 51.3 Å². The van der Waals surface area contributed by atoms with Crippen LogP contribution in [0.15, 0.2) is 36.4 Å². The van der Waals surface area contributed by atoms with E-state index in [2.05, 4.69) is 0 Å². The van der Waals surface area contributed by atoms with Gasteiger partial charge in [-0.05, 0) is 41.8 Å². The van der Waals surface area contributed by atoms with E-state index in [1.165, 1.54) is 26.4 Å². The van der Waals surface area contributed by atoms with Gasteiger partial charge in [0.25, 0.3) is 5.91 Å². The molecule has 0 saturated carbocycles. The van der Waals surface area contributed by atoms with Crippen LogP contribution in [-0.2, 0) is 20.7 Å². The van der Waals surface area contributed by atoms with Crippen molar-refractivity contribution in [1.29, 1.82) is 0 Å². The van der Waals surface area contributed by atoms with Crippen molar-refractivity contribution in [2.45, 2.75) is 18.9 Å². The number of esters is 1. The zero-order valence-corrected chi connectivity index (χ0v) is 17.1. The third kappa shape index (κ3) is 4.48. The second-order valence-electron chi connectivity index (χ2n) is 6.76. The second-order valence-corrected chi connectivity index (χ2v) is 6.76. The third-order valence-corrected chi connectivity index (χ3v) is 5.10. The number of hydrogen-bond acceptors (Lipinski definition) is 6. The summed E-state index contributed by atoms with van der Waals surface area (Å²) in [6, 6.07) is 8.96. The number of halogens is 1. The molecule has 0 saturated heterocycles. The molecular weight excluding hydrogens is 393 g/mol. The number of benzene rings is 2. The summed E-state index contributed by atoms with van der Waals surface area (Å²) >= 11 is 0. The summed E-state index contributed by atoms with van der Waals surface area (Å²) in [5.41, 5.74) is 1.74. The van der Waals surface area contributed by atoms with E-state index in [0.29, 0.717) is 24.5 Å². The predicted octanol–water partition coefficient (Wildman–Crippen LogP) is 2.91. The number of nitrogens with zero attached hydrogens (tertiary/aromatic N) is 1. The van der Waals surface area contributed by atoms with Gasteiger partial charge in [-0.25, -0.2) is 4.39 Å². The average Bonchev–Trinajstić information content (AvgIpc) is 2.77. The van der Waals surface area contributed by atoms with Gasteiger partial charge >= 0.3 is 5.97 Å². The normalized spacial score (nSPS) is 15.2. The predicted molar refractivity (Wildman–Crippen MR) is 106 cm³/mol. The van der Waals surface area contributed by atoms with Gasteiger partial charge in [0.1, 0.15) is 0 Å². The quantitative estimate of drug-likeness (QED) is 0.645. The van der Waals surface area contributed by atoms with Crippen molar-refractivity contribution in [1.82, 2.24) is 4.90 Å². The lowest BCUT2D eigenvalue weighted by Gasteiger charge is -2.37. The maximum atomic E-state index is 13.8. The number of hydrogen-bond donors (Lipinski definition) is 0. The molecule has 2 aromatic rings. The highest BCUT2D eigenvalue weighted by molar-refractivity contribution is 5.80. The smallest absolute Gasteiger partial charge is 0.307 e. The molecule has 1 aliphatic heterocycles. The second kappa shape index (κ2) is 9.47. The van der Waals surface area contributed by atoms with Crippen molar-refractivity contribution in [2.24, 2.45) is 0 Å². The van der Waals surface area contributed by atoms with E-state index >= 15 is 0 Å². The highest BCUT2D eigenvalue weighted by Crippen LogP contribution is 2.39. The first-order valence-corrected chi connectivity index (χ1v) is 9.46. The van der Waals surface area contributed by atoms with Crippen LogP contribution in [0, 0.1) is 5.82 Å². The number of rotatable bonds is 7. The molecule has 3 rings (SSSR count). The molecule has 0 spiro atoms. The molecule has 2 aromatic carbocycles. The molecule has 8 heteroatoms. The molecule has 1 aliphatic rings. The number of carbonyl (C=O) groups excluding carboxylic acids is 2. The zero-order chi connectivity index (χ0) is 21.7. The molecular formula is C22H24FNO6. The SMILES string of the molecule is COC(=O)C[C@H]1c2cc(OC)c(OC)cc2CCN1C(=O)COc1ccccc1F. The molecule has 30 heavy (non-hydrogen) atoms. The summed E-state index contributed by atoms with van der Waals surface area (Å²) < 4.78 is 34.7. The lowest BCUT2D eigenvalue weighted by atomic mass is 9.90. The Labute approximate surface area is 174 Å². The summed E-state index contributed by atoms with van der Waals surface area (Å²) in [4.78, 5) is 26.5. The summed E-state index contributed by atoms with van der Waals surface area (Å²) in [6.07, 6.45) is 0.545. The summed E-state index contributed by atoms with van der Waals surface area (Å²) in [7, 11) is 4.37. The van der Waals surface area contributed by atoms with Crippen LogP contribution in [0.1, 0.15) is 23.6 Å². The van der Waals surface area contributed by atoms with Gasteiger partial charge in [0.15, 0.2) is 29.7 Å². The Morgan fingerprint density at radius 1 is 1.07 bits per heavy atom. The third-order valence-electron chi connectivity index (χ3n) is 5.10. The van der Waals surface area contributed by atoms with Crippen LogP contribution in [0.4, 0.5) is 4.39 Å². The van der Waals surface area contributed by atoms with Crippen molar-refractivity contribution >= 4 is 11.9 Å². The highest BCUT2D eigenvalue weighted by Gasteiger charge is 2.34. The number of fused-ring (bicyclic) bond motifs is 1. The molecule has 160 valence electrons. The first kappa shape index (κ1) is 21.4. The van der Waals surface area contributed by atoms with Gasteiger partial charge in [0.05, 0.1) is 33.8 Å². The van der Waals surface area contributed by atoms with E-state index in [0.717, 1.165) is 11.1 Å². The molecule has 0 bridgehead atoms. The van der Waals surface area contributed by atoms with Crippen LogP contribution in [0.3, 0.4) is 0 Å². The molecule has 0 unspecified atom stereocenters. The van der Waals surface area contributed by atoms with Crippen LogP contribution >= 0.6 is 0 Å². The highest BCUT2D eigenvalue weighted by atomic mass is 19.1. The fourth-order valence-electron chi connectivity index (χ4n) is 3.57. The largest absolute Gasteiger partial charge is 0.493 e. The van der Waals surface area contributed by atoms with E-state index in [1.807, 2.05) is 6.07 Å². The lowest BCUT2D eigenvalue weighted by molar-refractivity contribution is -0.144.